The van der Waals surface area contributed by atoms with E-state index in [1.807, 2.05) is 0 Å². The maximum absolute atomic E-state index is 2.61. The molecule has 0 nitrogen and oxygen atoms in total. The van der Waals surface area contributed by atoms with Crippen molar-refractivity contribution in [1.29, 1.82) is 0 Å². The summed E-state index contributed by atoms with van der Waals surface area (Å²) in [5.41, 5.74) is 0.724. The highest BCUT2D eigenvalue weighted by molar-refractivity contribution is 14.1. The molecule has 0 aromatic carbocycles. The summed E-state index contributed by atoms with van der Waals surface area (Å²) < 4.78 is 0.933. The summed E-state index contributed by atoms with van der Waals surface area (Å²) in [7, 11) is 0. The van der Waals surface area contributed by atoms with Gasteiger partial charge in [-0.05, 0) is 24.2 Å². The van der Waals surface area contributed by atoms with Crippen molar-refractivity contribution in [2.24, 2.45) is 11.3 Å². The van der Waals surface area contributed by atoms with Gasteiger partial charge in [-0.3, -0.25) is 0 Å². The minimum Gasteiger partial charge on any atom is -0.0823 e. The van der Waals surface area contributed by atoms with Crippen molar-refractivity contribution < 1.29 is 0 Å². The van der Waals surface area contributed by atoms with Crippen LogP contribution in [0.2, 0.25) is 0 Å². The molecule has 0 bridgehead atoms. The van der Waals surface area contributed by atoms with E-state index >= 15 is 0 Å². The summed E-state index contributed by atoms with van der Waals surface area (Å²) in [5, 5.41) is 0. The largest absolute Gasteiger partial charge is 0.0823 e. The summed E-state index contributed by atoms with van der Waals surface area (Å²) in [6, 6.07) is 0. The van der Waals surface area contributed by atoms with Crippen LogP contribution in [0.25, 0.3) is 0 Å². The zero-order valence-electron chi connectivity index (χ0n) is 7.15. The van der Waals surface area contributed by atoms with Gasteiger partial charge in [-0.1, -0.05) is 49.8 Å². The Hall–Kier alpha value is 0.730. The number of rotatable bonds is 3. The Morgan fingerprint density at radius 2 is 2.20 bits per heavy atom. The standard InChI is InChI=1S/C9H17I/c1-4-8(10)7-6-9(7,3)5-2/h7-8H,4-6H2,1-3H3/t7-,8?,9?/m0/s1. The molecule has 1 fully saturated rings. The van der Waals surface area contributed by atoms with Gasteiger partial charge in [0.15, 0.2) is 0 Å². The van der Waals surface area contributed by atoms with Crippen molar-refractivity contribution >= 4 is 22.6 Å². The van der Waals surface area contributed by atoms with E-state index in [9.17, 15) is 0 Å². The Kier molecular flexibility index (Phi) is 2.64. The molecule has 1 aliphatic rings. The highest BCUT2D eigenvalue weighted by Crippen LogP contribution is 2.58. The minimum absolute atomic E-state index is 0.724. The molecule has 10 heavy (non-hydrogen) atoms. The van der Waals surface area contributed by atoms with E-state index in [1.54, 1.807) is 0 Å². The van der Waals surface area contributed by atoms with E-state index in [0.717, 1.165) is 15.3 Å². The normalized spacial score (nSPS) is 41.4. The van der Waals surface area contributed by atoms with E-state index < -0.39 is 0 Å². The van der Waals surface area contributed by atoms with E-state index in [4.69, 9.17) is 0 Å². The summed E-state index contributed by atoms with van der Waals surface area (Å²) in [6.45, 7) is 7.05. The van der Waals surface area contributed by atoms with E-state index in [-0.39, 0.29) is 0 Å². The van der Waals surface area contributed by atoms with Crippen LogP contribution in [0, 0.1) is 11.3 Å². The van der Waals surface area contributed by atoms with Gasteiger partial charge in [0, 0.05) is 3.92 Å². The average molecular weight is 252 g/mol. The van der Waals surface area contributed by atoms with Crippen molar-refractivity contribution in [2.75, 3.05) is 0 Å². The molecule has 0 heterocycles. The lowest BCUT2D eigenvalue weighted by Gasteiger charge is -2.10. The lowest BCUT2D eigenvalue weighted by Crippen LogP contribution is -2.05. The van der Waals surface area contributed by atoms with E-state index in [2.05, 4.69) is 43.4 Å². The maximum Gasteiger partial charge on any atom is 0.0141 e. The molecule has 0 aliphatic heterocycles. The van der Waals surface area contributed by atoms with Crippen LogP contribution in [-0.2, 0) is 0 Å². The molecule has 0 aromatic heterocycles. The monoisotopic (exact) mass is 252 g/mol. The molecular weight excluding hydrogens is 235 g/mol. The zero-order chi connectivity index (χ0) is 7.78. The first kappa shape index (κ1) is 8.82. The fourth-order valence-electron chi connectivity index (χ4n) is 1.70. The van der Waals surface area contributed by atoms with Gasteiger partial charge in [0.2, 0.25) is 0 Å². The van der Waals surface area contributed by atoms with Gasteiger partial charge >= 0.3 is 0 Å². The average Bonchev–Trinajstić information content (AvgIpc) is 2.62. The fourth-order valence-corrected chi connectivity index (χ4v) is 2.82. The Morgan fingerprint density at radius 3 is 2.50 bits per heavy atom. The van der Waals surface area contributed by atoms with E-state index in [1.165, 1.54) is 19.3 Å². The highest BCUT2D eigenvalue weighted by Gasteiger charge is 2.50. The van der Waals surface area contributed by atoms with Gasteiger partial charge in [-0.2, -0.15) is 0 Å². The number of hydrogen-bond donors (Lipinski definition) is 0. The van der Waals surface area contributed by atoms with Crippen LogP contribution in [0.3, 0.4) is 0 Å². The first-order valence-electron chi connectivity index (χ1n) is 4.28. The second kappa shape index (κ2) is 3.00. The third-order valence-electron chi connectivity index (χ3n) is 3.06. The molecule has 1 rings (SSSR count). The smallest absolute Gasteiger partial charge is 0.0141 e. The van der Waals surface area contributed by atoms with Crippen molar-refractivity contribution in [2.45, 2.75) is 44.0 Å². The quantitative estimate of drug-likeness (QED) is 0.531. The predicted molar refractivity (Wildman–Crippen MR) is 54.6 cm³/mol. The van der Waals surface area contributed by atoms with Gasteiger partial charge in [0.1, 0.15) is 0 Å². The highest BCUT2D eigenvalue weighted by atomic mass is 127. The van der Waals surface area contributed by atoms with Crippen molar-refractivity contribution in [3.05, 3.63) is 0 Å². The van der Waals surface area contributed by atoms with Gasteiger partial charge in [0.25, 0.3) is 0 Å². The third-order valence-corrected chi connectivity index (χ3v) is 4.80. The van der Waals surface area contributed by atoms with Gasteiger partial charge in [-0.25, -0.2) is 0 Å². The Labute approximate surface area is 77.9 Å². The van der Waals surface area contributed by atoms with Crippen molar-refractivity contribution in [3.8, 4) is 0 Å². The van der Waals surface area contributed by atoms with Crippen LogP contribution in [0.15, 0.2) is 0 Å². The lowest BCUT2D eigenvalue weighted by molar-refractivity contribution is 0.478. The molecule has 0 radical (unpaired) electrons. The zero-order valence-corrected chi connectivity index (χ0v) is 9.31. The van der Waals surface area contributed by atoms with Crippen molar-refractivity contribution in [1.82, 2.24) is 0 Å². The molecule has 2 unspecified atom stereocenters. The molecule has 0 spiro atoms. The first-order chi connectivity index (χ1) is 4.64. The minimum atomic E-state index is 0.724. The van der Waals surface area contributed by atoms with Crippen LogP contribution >= 0.6 is 22.6 Å². The van der Waals surface area contributed by atoms with Gasteiger partial charge < -0.3 is 0 Å². The van der Waals surface area contributed by atoms with E-state index in [0.29, 0.717) is 0 Å². The summed E-state index contributed by atoms with van der Waals surface area (Å²) in [4.78, 5) is 0. The number of halogens is 1. The number of alkyl halides is 1. The maximum atomic E-state index is 2.61. The lowest BCUT2D eigenvalue weighted by atomic mass is 10.0. The van der Waals surface area contributed by atoms with Crippen LogP contribution in [0.5, 0.6) is 0 Å². The molecule has 1 saturated carbocycles. The molecule has 0 aromatic rings. The number of hydrogen-bond acceptors (Lipinski definition) is 0. The third kappa shape index (κ3) is 1.49. The molecule has 0 N–H and O–H groups in total. The molecule has 60 valence electrons. The van der Waals surface area contributed by atoms with Crippen LogP contribution in [0.1, 0.15) is 40.0 Å². The predicted octanol–water partition coefficient (Wildman–Crippen LogP) is 3.64. The van der Waals surface area contributed by atoms with Crippen LogP contribution in [0.4, 0.5) is 0 Å². The SMILES string of the molecule is CCC(I)[C@@H]1CC1(C)CC. The Morgan fingerprint density at radius 1 is 1.60 bits per heavy atom. The Balaban J connectivity index is 2.36. The molecule has 0 saturated heterocycles. The first-order valence-corrected chi connectivity index (χ1v) is 5.52. The van der Waals surface area contributed by atoms with Crippen LogP contribution < -0.4 is 0 Å². The molecule has 1 aliphatic carbocycles. The second-order valence-electron chi connectivity index (χ2n) is 3.74. The topological polar surface area (TPSA) is 0 Å². The molecular formula is C9H17I. The fraction of sp³-hybridized carbons (Fsp3) is 1.00. The molecule has 0 amide bonds. The van der Waals surface area contributed by atoms with Gasteiger partial charge in [-0.15, -0.1) is 0 Å². The van der Waals surface area contributed by atoms with Gasteiger partial charge in [0.05, 0.1) is 0 Å². The second-order valence-corrected chi connectivity index (χ2v) is 5.34. The molecule has 1 heteroatoms. The Bertz CT molecular complexity index is 122. The van der Waals surface area contributed by atoms with Crippen LogP contribution in [-0.4, -0.2) is 3.92 Å². The summed E-state index contributed by atoms with van der Waals surface area (Å²) in [6.07, 6.45) is 4.20. The van der Waals surface area contributed by atoms with Crippen molar-refractivity contribution in [3.63, 3.8) is 0 Å². The summed E-state index contributed by atoms with van der Waals surface area (Å²) in [5.74, 6) is 1.03. The molecule has 3 atom stereocenters. The summed E-state index contributed by atoms with van der Waals surface area (Å²) >= 11 is 2.61.